The third-order valence-corrected chi connectivity index (χ3v) is 3.12. The van der Waals surface area contributed by atoms with Gasteiger partial charge in [0, 0.05) is 24.9 Å². The van der Waals surface area contributed by atoms with Gasteiger partial charge in [0.05, 0.1) is 0 Å². The van der Waals surface area contributed by atoms with Gasteiger partial charge in [-0.1, -0.05) is 0 Å². The van der Waals surface area contributed by atoms with Gasteiger partial charge in [0.25, 0.3) is 0 Å². The minimum Gasteiger partial charge on any atom is -0.356 e. The Morgan fingerprint density at radius 1 is 1.16 bits per heavy atom. The van der Waals surface area contributed by atoms with E-state index >= 15 is 0 Å². The fraction of sp³-hybridized carbons (Fsp3) is 0.857. The Kier molecular flexibility index (Phi) is 6.28. The van der Waals surface area contributed by atoms with Crippen LogP contribution in [-0.2, 0) is 9.59 Å². The Morgan fingerprint density at radius 2 is 1.79 bits per heavy atom. The number of rotatable bonds is 5. The summed E-state index contributed by atoms with van der Waals surface area (Å²) >= 11 is 0. The zero-order chi connectivity index (χ0) is 14.3. The Labute approximate surface area is 115 Å². The van der Waals surface area contributed by atoms with Crippen LogP contribution in [0.25, 0.3) is 0 Å². The maximum atomic E-state index is 11.7. The van der Waals surface area contributed by atoms with E-state index in [1.54, 1.807) is 0 Å². The van der Waals surface area contributed by atoms with Gasteiger partial charge < -0.3 is 16.0 Å². The topological polar surface area (TPSA) is 70.2 Å². The lowest BCUT2D eigenvalue weighted by atomic mass is 9.94. The van der Waals surface area contributed by atoms with Gasteiger partial charge in [-0.05, 0) is 52.6 Å². The average Bonchev–Trinajstić information content (AvgIpc) is 2.27. The maximum Gasteiger partial charge on any atom is 0.222 e. The molecule has 1 heterocycles. The van der Waals surface area contributed by atoms with Gasteiger partial charge in [0.1, 0.15) is 0 Å². The van der Waals surface area contributed by atoms with Crippen molar-refractivity contribution in [3.8, 4) is 0 Å². The SMILES string of the molecule is CC(C)(C)NC(=O)CCNC(=O)CC1CCNCC1. The van der Waals surface area contributed by atoms with Crippen LogP contribution >= 0.6 is 0 Å². The van der Waals surface area contributed by atoms with Crippen LogP contribution in [0.15, 0.2) is 0 Å². The molecule has 1 saturated heterocycles. The fourth-order valence-electron chi connectivity index (χ4n) is 2.22. The molecule has 5 heteroatoms. The lowest BCUT2D eigenvalue weighted by molar-refractivity contribution is -0.123. The number of amides is 2. The molecule has 1 aliphatic rings. The van der Waals surface area contributed by atoms with Gasteiger partial charge in [-0.25, -0.2) is 0 Å². The van der Waals surface area contributed by atoms with E-state index in [0.717, 1.165) is 25.9 Å². The first-order chi connectivity index (χ1) is 8.87. The van der Waals surface area contributed by atoms with Gasteiger partial charge in [-0.3, -0.25) is 9.59 Å². The quantitative estimate of drug-likeness (QED) is 0.691. The van der Waals surface area contributed by atoms with E-state index in [1.807, 2.05) is 20.8 Å². The van der Waals surface area contributed by atoms with Crippen molar-refractivity contribution >= 4 is 11.8 Å². The zero-order valence-electron chi connectivity index (χ0n) is 12.3. The van der Waals surface area contributed by atoms with Gasteiger partial charge in [-0.2, -0.15) is 0 Å². The van der Waals surface area contributed by atoms with Gasteiger partial charge in [0.2, 0.25) is 11.8 Å². The van der Waals surface area contributed by atoms with Crippen LogP contribution in [0.1, 0.15) is 46.5 Å². The number of hydrogen-bond donors (Lipinski definition) is 3. The molecular formula is C14H27N3O2. The second-order valence-corrected chi connectivity index (χ2v) is 6.30. The predicted molar refractivity (Wildman–Crippen MR) is 75.7 cm³/mol. The molecule has 0 aliphatic carbocycles. The van der Waals surface area contributed by atoms with E-state index in [9.17, 15) is 9.59 Å². The van der Waals surface area contributed by atoms with Crippen LogP contribution in [-0.4, -0.2) is 37.0 Å². The Bertz CT molecular complexity index is 304. The summed E-state index contributed by atoms with van der Waals surface area (Å²) in [5, 5.41) is 8.99. The van der Waals surface area contributed by atoms with Gasteiger partial charge >= 0.3 is 0 Å². The van der Waals surface area contributed by atoms with E-state index in [1.165, 1.54) is 0 Å². The highest BCUT2D eigenvalue weighted by Crippen LogP contribution is 2.15. The predicted octanol–water partition coefficient (Wildman–Crippen LogP) is 0.797. The molecule has 5 nitrogen and oxygen atoms in total. The molecular weight excluding hydrogens is 242 g/mol. The standard InChI is InChI=1S/C14H27N3O2/c1-14(2,3)17-12(18)6-9-16-13(19)10-11-4-7-15-8-5-11/h11,15H,4-10H2,1-3H3,(H,16,19)(H,17,18). The fourth-order valence-corrected chi connectivity index (χ4v) is 2.22. The highest BCUT2D eigenvalue weighted by atomic mass is 16.2. The second kappa shape index (κ2) is 7.48. The summed E-state index contributed by atoms with van der Waals surface area (Å²) in [6.07, 6.45) is 3.06. The Morgan fingerprint density at radius 3 is 2.37 bits per heavy atom. The number of piperidine rings is 1. The van der Waals surface area contributed by atoms with Crippen LogP contribution in [0.2, 0.25) is 0 Å². The van der Waals surface area contributed by atoms with Crippen molar-refractivity contribution in [3.05, 3.63) is 0 Å². The minimum atomic E-state index is -0.212. The molecule has 19 heavy (non-hydrogen) atoms. The summed E-state index contributed by atoms with van der Waals surface area (Å²) in [7, 11) is 0. The number of carbonyl (C=O) groups is 2. The largest absolute Gasteiger partial charge is 0.356 e. The molecule has 1 aliphatic heterocycles. The number of hydrogen-bond acceptors (Lipinski definition) is 3. The van der Waals surface area contributed by atoms with E-state index in [-0.39, 0.29) is 17.4 Å². The molecule has 0 bridgehead atoms. The third kappa shape index (κ3) is 7.82. The molecule has 110 valence electrons. The van der Waals surface area contributed by atoms with Crippen molar-refractivity contribution in [3.63, 3.8) is 0 Å². The number of nitrogens with one attached hydrogen (secondary N) is 3. The molecule has 0 unspecified atom stereocenters. The van der Waals surface area contributed by atoms with Gasteiger partial charge in [0.15, 0.2) is 0 Å². The molecule has 2 amide bonds. The Hall–Kier alpha value is -1.10. The van der Waals surface area contributed by atoms with Crippen LogP contribution in [0.5, 0.6) is 0 Å². The molecule has 1 fully saturated rings. The van der Waals surface area contributed by atoms with Crippen LogP contribution in [0.3, 0.4) is 0 Å². The Balaban J connectivity index is 2.11. The summed E-state index contributed by atoms with van der Waals surface area (Å²) in [5.41, 5.74) is -0.212. The van der Waals surface area contributed by atoms with E-state index in [2.05, 4.69) is 16.0 Å². The second-order valence-electron chi connectivity index (χ2n) is 6.30. The molecule has 3 N–H and O–H groups in total. The molecule has 0 radical (unpaired) electrons. The molecule has 0 aromatic heterocycles. The first-order valence-corrected chi connectivity index (χ1v) is 7.15. The first-order valence-electron chi connectivity index (χ1n) is 7.15. The maximum absolute atomic E-state index is 11.7. The first kappa shape index (κ1) is 16.0. The van der Waals surface area contributed by atoms with Crippen molar-refractivity contribution in [2.75, 3.05) is 19.6 Å². The van der Waals surface area contributed by atoms with Crippen molar-refractivity contribution in [1.29, 1.82) is 0 Å². The monoisotopic (exact) mass is 269 g/mol. The molecule has 0 saturated carbocycles. The van der Waals surface area contributed by atoms with E-state index in [4.69, 9.17) is 0 Å². The smallest absolute Gasteiger partial charge is 0.222 e. The average molecular weight is 269 g/mol. The van der Waals surface area contributed by atoms with Crippen molar-refractivity contribution < 1.29 is 9.59 Å². The van der Waals surface area contributed by atoms with E-state index < -0.39 is 0 Å². The van der Waals surface area contributed by atoms with Crippen LogP contribution in [0, 0.1) is 5.92 Å². The summed E-state index contributed by atoms with van der Waals surface area (Å²) in [6.45, 7) is 8.27. The molecule has 0 aromatic rings. The molecule has 1 rings (SSSR count). The minimum absolute atomic E-state index is 0.0188. The molecule has 0 aromatic carbocycles. The summed E-state index contributed by atoms with van der Waals surface area (Å²) in [4.78, 5) is 23.3. The summed E-state index contributed by atoms with van der Waals surface area (Å²) in [6, 6.07) is 0. The summed E-state index contributed by atoms with van der Waals surface area (Å²) in [5.74, 6) is 0.537. The number of carbonyl (C=O) groups excluding carboxylic acids is 2. The molecule has 0 atom stereocenters. The zero-order valence-corrected chi connectivity index (χ0v) is 12.3. The normalized spacial score (nSPS) is 17.0. The third-order valence-electron chi connectivity index (χ3n) is 3.12. The van der Waals surface area contributed by atoms with E-state index in [0.29, 0.717) is 25.3 Å². The summed E-state index contributed by atoms with van der Waals surface area (Å²) < 4.78 is 0. The lowest BCUT2D eigenvalue weighted by Gasteiger charge is -2.22. The van der Waals surface area contributed by atoms with Crippen LogP contribution in [0.4, 0.5) is 0 Å². The highest BCUT2D eigenvalue weighted by molar-refractivity contribution is 5.79. The van der Waals surface area contributed by atoms with Crippen LogP contribution < -0.4 is 16.0 Å². The lowest BCUT2D eigenvalue weighted by Crippen LogP contribution is -2.42. The highest BCUT2D eigenvalue weighted by Gasteiger charge is 2.17. The van der Waals surface area contributed by atoms with Crippen molar-refractivity contribution in [2.45, 2.75) is 52.0 Å². The van der Waals surface area contributed by atoms with Gasteiger partial charge in [-0.15, -0.1) is 0 Å². The van der Waals surface area contributed by atoms with Crippen molar-refractivity contribution in [2.24, 2.45) is 5.92 Å². The molecule has 0 spiro atoms. The van der Waals surface area contributed by atoms with Crippen molar-refractivity contribution in [1.82, 2.24) is 16.0 Å².